The summed E-state index contributed by atoms with van der Waals surface area (Å²) in [6, 6.07) is 25.6. The summed E-state index contributed by atoms with van der Waals surface area (Å²) in [5, 5.41) is 0.907. The number of halogens is 2. The van der Waals surface area contributed by atoms with Crippen LogP contribution in [0, 0.1) is 0 Å². The van der Waals surface area contributed by atoms with Gasteiger partial charge in [0, 0.05) is 22.4 Å². The molecule has 6 heteroatoms. The number of furan rings is 1. The fourth-order valence-electron chi connectivity index (χ4n) is 3.93. The van der Waals surface area contributed by atoms with E-state index in [0.717, 1.165) is 16.8 Å². The van der Waals surface area contributed by atoms with Crippen molar-refractivity contribution in [2.45, 2.75) is 6.92 Å². The number of rotatable bonds is 5. The first-order valence-corrected chi connectivity index (χ1v) is 11.7. The molecular weight excluding hydrogens is 481 g/mol. The van der Waals surface area contributed by atoms with Gasteiger partial charge >= 0.3 is 0 Å². The van der Waals surface area contributed by atoms with E-state index in [1.807, 2.05) is 48.5 Å². The third kappa shape index (κ3) is 4.59. The van der Waals surface area contributed by atoms with Crippen LogP contribution in [0.5, 0.6) is 0 Å². The number of hydrogen-bond acceptors (Lipinski definition) is 3. The van der Waals surface area contributed by atoms with Crippen LogP contribution < -0.4 is 4.90 Å². The Morgan fingerprint density at radius 3 is 2.29 bits per heavy atom. The molecule has 0 bridgehead atoms. The first-order valence-electron chi connectivity index (χ1n) is 10.9. The van der Waals surface area contributed by atoms with Crippen molar-refractivity contribution in [2.75, 3.05) is 4.90 Å². The predicted molar refractivity (Wildman–Crippen MR) is 140 cm³/mol. The summed E-state index contributed by atoms with van der Waals surface area (Å²) in [6.07, 6.45) is 3.56. The molecule has 1 amide bonds. The number of hydrogen-bond donors (Lipinski definition) is 0. The summed E-state index contributed by atoms with van der Waals surface area (Å²) in [5.74, 6) is 0.933. The minimum Gasteiger partial charge on any atom is -0.457 e. The van der Waals surface area contributed by atoms with Gasteiger partial charge in [-0.1, -0.05) is 53.5 Å². The highest BCUT2D eigenvalue weighted by Gasteiger charge is 2.30. The molecule has 1 aliphatic rings. The minimum absolute atomic E-state index is 0.0284. The molecule has 1 aromatic heterocycles. The van der Waals surface area contributed by atoms with Crippen molar-refractivity contribution in [3.63, 3.8) is 0 Å². The Hall–Kier alpha value is -3.86. The first-order chi connectivity index (χ1) is 16.9. The molecule has 35 heavy (non-hydrogen) atoms. The zero-order valence-electron chi connectivity index (χ0n) is 18.7. The number of amides is 1. The van der Waals surface area contributed by atoms with Gasteiger partial charge in [0.15, 0.2) is 5.78 Å². The number of anilines is 1. The molecule has 0 saturated carbocycles. The van der Waals surface area contributed by atoms with E-state index in [4.69, 9.17) is 27.6 Å². The first kappa shape index (κ1) is 22.9. The second-order valence-electron chi connectivity index (χ2n) is 8.07. The number of nitrogens with zero attached hydrogens (tertiary/aromatic N) is 1. The summed E-state index contributed by atoms with van der Waals surface area (Å²) < 4.78 is 5.98. The summed E-state index contributed by atoms with van der Waals surface area (Å²) in [6.45, 7) is 1.52. The second-order valence-corrected chi connectivity index (χ2v) is 8.88. The van der Waals surface area contributed by atoms with Gasteiger partial charge in [0.05, 0.1) is 15.7 Å². The molecule has 3 aromatic carbocycles. The molecule has 0 atom stereocenters. The van der Waals surface area contributed by atoms with E-state index in [0.29, 0.717) is 38.4 Å². The Morgan fingerprint density at radius 2 is 1.60 bits per heavy atom. The summed E-state index contributed by atoms with van der Waals surface area (Å²) >= 11 is 12.2. The average Bonchev–Trinajstić information content (AvgIpc) is 3.46. The summed E-state index contributed by atoms with van der Waals surface area (Å²) in [7, 11) is 0. The SMILES string of the molecule is CC(=O)c1ccc(N2C(=O)C(=Cc3ccc(-c4ccc(Cl)c(Cl)c4)o3)C=C2c2ccccc2)cc1. The van der Waals surface area contributed by atoms with Crippen LogP contribution in [-0.2, 0) is 4.79 Å². The molecule has 4 nitrogen and oxygen atoms in total. The van der Waals surface area contributed by atoms with Gasteiger partial charge < -0.3 is 4.42 Å². The molecule has 0 aliphatic carbocycles. The normalized spacial score (nSPS) is 14.5. The highest BCUT2D eigenvalue weighted by Crippen LogP contribution is 2.36. The maximum atomic E-state index is 13.5. The van der Waals surface area contributed by atoms with Gasteiger partial charge in [-0.05, 0) is 79.2 Å². The lowest BCUT2D eigenvalue weighted by Gasteiger charge is -2.21. The van der Waals surface area contributed by atoms with Crippen LogP contribution >= 0.6 is 23.2 Å². The maximum absolute atomic E-state index is 13.5. The van der Waals surface area contributed by atoms with Crippen molar-refractivity contribution in [3.8, 4) is 11.3 Å². The Balaban J connectivity index is 1.52. The lowest BCUT2D eigenvalue weighted by Crippen LogP contribution is -2.25. The fraction of sp³-hybridized carbons (Fsp3) is 0.0345. The monoisotopic (exact) mass is 499 g/mol. The Morgan fingerprint density at radius 1 is 0.857 bits per heavy atom. The van der Waals surface area contributed by atoms with Crippen LogP contribution in [0.3, 0.4) is 0 Å². The molecule has 172 valence electrons. The predicted octanol–water partition coefficient (Wildman–Crippen LogP) is 7.93. The number of carbonyl (C=O) groups excluding carboxylic acids is 2. The lowest BCUT2D eigenvalue weighted by atomic mass is 10.1. The van der Waals surface area contributed by atoms with E-state index in [-0.39, 0.29) is 11.7 Å². The van der Waals surface area contributed by atoms with Gasteiger partial charge in [-0.2, -0.15) is 0 Å². The Bertz CT molecular complexity index is 1500. The number of benzene rings is 3. The molecule has 5 rings (SSSR count). The molecule has 0 unspecified atom stereocenters. The van der Waals surface area contributed by atoms with Crippen molar-refractivity contribution in [3.05, 3.63) is 124 Å². The van der Waals surface area contributed by atoms with Crippen LogP contribution in [0.25, 0.3) is 23.1 Å². The van der Waals surface area contributed by atoms with E-state index in [1.165, 1.54) is 6.92 Å². The summed E-state index contributed by atoms with van der Waals surface area (Å²) in [4.78, 5) is 26.9. The van der Waals surface area contributed by atoms with Crippen LogP contribution in [-0.4, -0.2) is 11.7 Å². The fourth-order valence-corrected chi connectivity index (χ4v) is 4.22. The van der Waals surface area contributed by atoms with Gasteiger partial charge in [-0.25, -0.2) is 0 Å². The van der Waals surface area contributed by atoms with E-state index in [1.54, 1.807) is 53.4 Å². The van der Waals surface area contributed by atoms with E-state index >= 15 is 0 Å². The topological polar surface area (TPSA) is 50.5 Å². The third-order valence-electron chi connectivity index (χ3n) is 5.71. The average molecular weight is 500 g/mol. The molecule has 2 heterocycles. The molecule has 0 spiro atoms. The van der Waals surface area contributed by atoms with Gasteiger partial charge in [0.25, 0.3) is 5.91 Å². The van der Waals surface area contributed by atoms with Crippen molar-refractivity contribution in [1.29, 1.82) is 0 Å². The van der Waals surface area contributed by atoms with Gasteiger partial charge in [-0.15, -0.1) is 0 Å². The van der Waals surface area contributed by atoms with Crippen molar-refractivity contribution >= 4 is 52.4 Å². The van der Waals surface area contributed by atoms with Crippen molar-refractivity contribution < 1.29 is 14.0 Å². The molecule has 0 fully saturated rings. The number of ketones is 1. The largest absolute Gasteiger partial charge is 0.457 e. The second kappa shape index (κ2) is 9.41. The lowest BCUT2D eigenvalue weighted by molar-refractivity contribution is -0.113. The minimum atomic E-state index is -0.188. The Kier molecular flexibility index (Phi) is 6.16. The molecule has 0 N–H and O–H groups in total. The standard InChI is InChI=1S/C29H19Cl2NO3/c1-18(33)19-7-10-23(11-8-19)32-27(20-5-3-2-4-6-20)17-22(29(32)34)15-24-12-14-28(35-24)21-9-13-25(30)26(31)16-21/h2-17H,1H3. The smallest absolute Gasteiger partial charge is 0.263 e. The zero-order valence-corrected chi connectivity index (χ0v) is 20.2. The van der Waals surface area contributed by atoms with Crippen molar-refractivity contribution in [2.24, 2.45) is 0 Å². The zero-order chi connectivity index (χ0) is 24.5. The summed E-state index contributed by atoms with van der Waals surface area (Å²) in [5.41, 5.74) is 4.18. The van der Waals surface area contributed by atoms with Crippen LogP contribution in [0.15, 0.2) is 101 Å². The Labute approximate surface area is 212 Å². The van der Waals surface area contributed by atoms with Crippen LogP contribution in [0.4, 0.5) is 5.69 Å². The van der Waals surface area contributed by atoms with Crippen molar-refractivity contribution in [1.82, 2.24) is 0 Å². The van der Waals surface area contributed by atoms with E-state index < -0.39 is 0 Å². The van der Waals surface area contributed by atoms with Crippen LogP contribution in [0.1, 0.15) is 28.6 Å². The van der Waals surface area contributed by atoms with E-state index in [9.17, 15) is 9.59 Å². The van der Waals surface area contributed by atoms with Gasteiger partial charge in [0.2, 0.25) is 0 Å². The van der Waals surface area contributed by atoms with E-state index in [2.05, 4.69) is 0 Å². The molecule has 0 radical (unpaired) electrons. The molecular formula is C29H19Cl2NO3. The number of Topliss-reactive ketones (excluding diaryl/α,β-unsaturated/α-hetero) is 1. The molecule has 4 aromatic rings. The van der Waals surface area contributed by atoms with Gasteiger partial charge in [-0.3, -0.25) is 14.5 Å². The third-order valence-corrected chi connectivity index (χ3v) is 6.45. The van der Waals surface area contributed by atoms with Crippen LogP contribution in [0.2, 0.25) is 10.0 Å². The highest BCUT2D eigenvalue weighted by molar-refractivity contribution is 6.42. The molecule has 0 saturated heterocycles. The van der Waals surface area contributed by atoms with Gasteiger partial charge in [0.1, 0.15) is 11.5 Å². The highest BCUT2D eigenvalue weighted by atomic mass is 35.5. The molecule has 1 aliphatic heterocycles. The number of carbonyl (C=O) groups is 2. The maximum Gasteiger partial charge on any atom is 0.263 e. The quantitative estimate of drug-likeness (QED) is 0.207.